The zero-order chi connectivity index (χ0) is 22.8. The normalized spacial score (nSPS) is 14.8. The zero-order valence-corrected chi connectivity index (χ0v) is 22.1. The van der Waals surface area contributed by atoms with Crippen molar-refractivity contribution in [3.63, 3.8) is 0 Å². The lowest BCUT2D eigenvalue weighted by atomic mass is 10.1. The third kappa shape index (κ3) is 8.19. The molecule has 3 N–H and O–H groups in total. The Kier molecular flexibility index (Phi) is 11.5. The lowest BCUT2D eigenvalue weighted by molar-refractivity contribution is -0.114. The molecule has 1 aliphatic rings. The van der Waals surface area contributed by atoms with Crippen molar-refractivity contribution in [3.05, 3.63) is 59.7 Å². The Balaban J connectivity index is 0.00000385. The molecule has 8 heteroatoms. The molecule has 1 amide bonds. The van der Waals surface area contributed by atoms with Gasteiger partial charge in [-0.15, -0.1) is 24.0 Å². The molecule has 1 atom stereocenters. The highest BCUT2D eigenvalue weighted by Crippen LogP contribution is 2.26. The average molecular weight is 566 g/mol. The van der Waals surface area contributed by atoms with E-state index < -0.39 is 0 Å². The van der Waals surface area contributed by atoms with E-state index in [2.05, 4.69) is 58.1 Å². The fourth-order valence-electron chi connectivity index (χ4n) is 4.03. The maximum atomic E-state index is 11.5. The van der Waals surface area contributed by atoms with Gasteiger partial charge in [0.05, 0.1) is 25.4 Å². The van der Waals surface area contributed by atoms with Gasteiger partial charge in [-0.05, 0) is 56.1 Å². The molecule has 2 aromatic rings. The molecule has 0 aromatic heterocycles. The van der Waals surface area contributed by atoms with Gasteiger partial charge in [0, 0.05) is 20.0 Å². The third-order valence-electron chi connectivity index (χ3n) is 5.57. The second-order valence-corrected chi connectivity index (χ2v) is 7.96. The number of carbonyl (C=O) groups is 1. The van der Waals surface area contributed by atoms with E-state index in [1.165, 1.54) is 25.3 Å². The molecule has 1 aliphatic heterocycles. The van der Waals surface area contributed by atoms with Crippen LogP contribution in [0, 0.1) is 0 Å². The standard InChI is InChI=1S/C25H35N5O2.HI/c1-4-26-25(27-17-20-12-13-24(32-3)22(16-20)29-19(2)31)28-18-23(30-14-8-9-15-30)21-10-6-5-7-11-21;/h5-7,10-13,16,23H,4,8-9,14-15,17-18H2,1-3H3,(H,29,31)(H2,26,27,28);1H. The minimum absolute atomic E-state index is 0. The highest BCUT2D eigenvalue weighted by molar-refractivity contribution is 14.0. The number of methoxy groups -OCH3 is 1. The van der Waals surface area contributed by atoms with E-state index >= 15 is 0 Å². The van der Waals surface area contributed by atoms with E-state index in [1.54, 1.807) is 7.11 Å². The highest BCUT2D eigenvalue weighted by atomic mass is 127. The van der Waals surface area contributed by atoms with Crippen molar-refractivity contribution >= 4 is 41.5 Å². The van der Waals surface area contributed by atoms with Crippen LogP contribution in [0.1, 0.15) is 43.9 Å². The zero-order valence-electron chi connectivity index (χ0n) is 19.8. The number of nitrogens with zero attached hydrogens (tertiary/aromatic N) is 2. The summed E-state index contributed by atoms with van der Waals surface area (Å²) in [7, 11) is 1.59. The van der Waals surface area contributed by atoms with Gasteiger partial charge in [0.2, 0.25) is 5.91 Å². The number of rotatable bonds is 9. The number of likely N-dealkylation sites (tertiary alicyclic amines) is 1. The molecule has 3 rings (SSSR count). The van der Waals surface area contributed by atoms with E-state index in [0.717, 1.165) is 37.7 Å². The Bertz CT molecular complexity index is 901. The summed E-state index contributed by atoms with van der Waals surface area (Å²) in [4.78, 5) is 18.8. The van der Waals surface area contributed by atoms with Gasteiger partial charge in [0.1, 0.15) is 5.75 Å². The predicted octanol–water partition coefficient (Wildman–Crippen LogP) is 4.16. The lowest BCUT2D eigenvalue weighted by Gasteiger charge is -2.29. The van der Waals surface area contributed by atoms with E-state index in [0.29, 0.717) is 24.0 Å². The predicted molar refractivity (Wildman–Crippen MR) is 146 cm³/mol. The van der Waals surface area contributed by atoms with Crippen LogP contribution in [-0.4, -0.2) is 50.1 Å². The molecule has 7 nitrogen and oxygen atoms in total. The van der Waals surface area contributed by atoms with Crippen molar-refractivity contribution in [1.82, 2.24) is 15.5 Å². The van der Waals surface area contributed by atoms with E-state index in [4.69, 9.17) is 9.73 Å². The van der Waals surface area contributed by atoms with Crippen LogP contribution in [0.2, 0.25) is 0 Å². The molecule has 0 spiro atoms. The molecular weight excluding hydrogens is 529 g/mol. The van der Waals surface area contributed by atoms with Crippen LogP contribution in [0.5, 0.6) is 5.75 Å². The first-order chi connectivity index (χ1) is 15.6. The number of hydrogen-bond acceptors (Lipinski definition) is 4. The van der Waals surface area contributed by atoms with Gasteiger partial charge < -0.3 is 20.7 Å². The first-order valence-corrected chi connectivity index (χ1v) is 11.4. The topological polar surface area (TPSA) is 78.0 Å². The number of halogens is 1. The number of benzene rings is 2. The van der Waals surface area contributed by atoms with Gasteiger partial charge in [0.25, 0.3) is 0 Å². The Hall–Kier alpha value is -2.33. The molecule has 1 saturated heterocycles. The number of nitrogens with one attached hydrogen (secondary N) is 3. The van der Waals surface area contributed by atoms with Crippen molar-refractivity contribution in [2.45, 2.75) is 39.3 Å². The van der Waals surface area contributed by atoms with Crippen molar-refractivity contribution in [2.75, 3.05) is 38.6 Å². The van der Waals surface area contributed by atoms with Crippen molar-refractivity contribution in [1.29, 1.82) is 0 Å². The number of anilines is 1. The summed E-state index contributed by atoms with van der Waals surface area (Å²) in [6, 6.07) is 16.7. The molecule has 1 heterocycles. The maximum Gasteiger partial charge on any atom is 0.221 e. The van der Waals surface area contributed by atoms with Crippen LogP contribution < -0.4 is 20.7 Å². The SMILES string of the molecule is CCNC(=NCc1ccc(OC)c(NC(C)=O)c1)NCC(c1ccccc1)N1CCCC1.I. The summed E-state index contributed by atoms with van der Waals surface area (Å²) < 4.78 is 5.34. The van der Waals surface area contributed by atoms with Crippen LogP contribution >= 0.6 is 24.0 Å². The molecule has 2 aromatic carbocycles. The fourth-order valence-corrected chi connectivity index (χ4v) is 4.03. The minimum atomic E-state index is -0.132. The largest absolute Gasteiger partial charge is 0.495 e. The monoisotopic (exact) mass is 565 g/mol. The molecule has 0 radical (unpaired) electrons. The summed E-state index contributed by atoms with van der Waals surface area (Å²) in [5, 5.41) is 9.70. The summed E-state index contributed by atoms with van der Waals surface area (Å²) in [5.74, 6) is 1.28. The second kappa shape index (κ2) is 14.0. The van der Waals surface area contributed by atoms with E-state index in [-0.39, 0.29) is 29.9 Å². The molecule has 1 unspecified atom stereocenters. The molecule has 180 valence electrons. The summed E-state index contributed by atoms with van der Waals surface area (Å²) in [6.45, 7) is 7.88. The van der Waals surface area contributed by atoms with Crippen LogP contribution in [0.3, 0.4) is 0 Å². The lowest BCUT2D eigenvalue weighted by Crippen LogP contribution is -2.42. The number of guanidine groups is 1. The van der Waals surface area contributed by atoms with E-state index in [1.807, 2.05) is 18.2 Å². The summed E-state index contributed by atoms with van der Waals surface area (Å²) in [5.41, 5.74) is 2.97. The number of amides is 1. The fraction of sp³-hybridized carbons (Fsp3) is 0.440. The first-order valence-electron chi connectivity index (χ1n) is 11.4. The van der Waals surface area contributed by atoms with Gasteiger partial charge in [-0.25, -0.2) is 4.99 Å². The number of ether oxygens (including phenoxy) is 1. The average Bonchev–Trinajstić information content (AvgIpc) is 3.32. The third-order valence-corrected chi connectivity index (χ3v) is 5.57. The Morgan fingerprint density at radius 3 is 2.48 bits per heavy atom. The Morgan fingerprint density at radius 1 is 1.12 bits per heavy atom. The second-order valence-electron chi connectivity index (χ2n) is 7.96. The van der Waals surface area contributed by atoms with Crippen LogP contribution in [0.15, 0.2) is 53.5 Å². The quantitative estimate of drug-likeness (QED) is 0.242. The molecule has 33 heavy (non-hydrogen) atoms. The van der Waals surface area contributed by atoms with Crippen molar-refractivity contribution in [3.8, 4) is 5.75 Å². The molecule has 0 aliphatic carbocycles. The number of hydrogen-bond donors (Lipinski definition) is 3. The molecule has 0 bridgehead atoms. The van der Waals surface area contributed by atoms with Gasteiger partial charge in [0.15, 0.2) is 5.96 Å². The summed E-state index contributed by atoms with van der Waals surface area (Å²) in [6.07, 6.45) is 2.51. The Morgan fingerprint density at radius 2 is 1.85 bits per heavy atom. The van der Waals surface area contributed by atoms with Gasteiger partial charge >= 0.3 is 0 Å². The smallest absolute Gasteiger partial charge is 0.221 e. The maximum absolute atomic E-state index is 11.5. The molecule has 0 saturated carbocycles. The number of carbonyl (C=O) groups excluding carboxylic acids is 1. The van der Waals surface area contributed by atoms with Crippen LogP contribution in [0.4, 0.5) is 5.69 Å². The van der Waals surface area contributed by atoms with Crippen LogP contribution in [0.25, 0.3) is 0 Å². The summed E-state index contributed by atoms with van der Waals surface area (Å²) >= 11 is 0. The first kappa shape index (κ1) is 26.9. The number of aliphatic imine (C=N–C) groups is 1. The van der Waals surface area contributed by atoms with Gasteiger partial charge in [-0.2, -0.15) is 0 Å². The van der Waals surface area contributed by atoms with E-state index in [9.17, 15) is 4.79 Å². The molecular formula is C25H36IN5O2. The minimum Gasteiger partial charge on any atom is -0.495 e. The van der Waals surface area contributed by atoms with Gasteiger partial charge in [-0.1, -0.05) is 36.4 Å². The van der Waals surface area contributed by atoms with Crippen LogP contribution in [-0.2, 0) is 11.3 Å². The Labute approximate surface area is 214 Å². The van der Waals surface area contributed by atoms with Crippen molar-refractivity contribution < 1.29 is 9.53 Å². The molecule has 1 fully saturated rings. The highest BCUT2D eigenvalue weighted by Gasteiger charge is 2.23. The van der Waals surface area contributed by atoms with Gasteiger partial charge in [-0.3, -0.25) is 9.69 Å². The van der Waals surface area contributed by atoms with Crippen molar-refractivity contribution in [2.24, 2.45) is 4.99 Å².